The Labute approximate surface area is 46.3 Å². The third kappa shape index (κ3) is 10.7. The molecule has 7 heavy (non-hydrogen) atoms. The van der Waals surface area contributed by atoms with Crippen molar-refractivity contribution in [3.63, 3.8) is 0 Å². The van der Waals surface area contributed by atoms with Crippen molar-refractivity contribution in [2.75, 3.05) is 0 Å². The quantitative estimate of drug-likeness (QED) is 0.174. The van der Waals surface area contributed by atoms with Gasteiger partial charge in [-0.05, 0) is 12.2 Å². The number of nitrogens with two attached hydrogens (primary N) is 2. The summed E-state index contributed by atoms with van der Waals surface area (Å²) in [4.78, 5) is 0. The maximum atomic E-state index is 4.88. The number of rotatable bonds is 1. The molecule has 0 amide bonds. The van der Waals surface area contributed by atoms with Gasteiger partial charge in [-0.15, -0.1) is 0 Å². The topological polar surface area (TPSA) is 108 Å². The molecule has 0 bridgehead atoms. The molecule has 0 fully saturated rings. The Morgan fingerprint density at radius 2 is 2.00 bits per heavy atom. The second-order valence-electron chi connectivity index (χ2n) is 0.634. The highest BCUT2D eigenvalue weighted by molar-refractivity contribution is 7.80. The summed E-state index contributed by atoms with van der Waals surface area (Å²) in [7, 11) is 0. The number of hydrogen-bond acceptors (Lipinski definition) is 3. The first-order chi connectivity index (χ1) is 2.77. The zero-order valence-electron chi connectivity index (χ0n) is 3.56. The molecule has 0 heterocycles. The monoisotopic (exact) mass is 124 g/mol. The molecule has 5 nitrogen and oxygen atoms in total. The van der Waals surface area contributed by atoms with Crippen molar-refractivity contribution in [2.24, 2.45) is 11.6 Å². The molecule has 8 N–H and O–H groups in total. The lowest BCUT2D eigenvalue weighted by Crippen LogP contribution is -2.44. The van der Waals surface area contributed by atoms with Gasteiger partial charge in [0.25, 0.3) is 0 Å². The molecule has 0 aromatic carbocycles. The predicted molar refractivity (Wildman–Crippen MR) is 30.9 cm³/mol. The number of hydrazine groups is 2. The summed E-state index contributed by atoms with van der Waals surface area (Å²) in [5.74, 6) is 4.70. The van der Waals surface area contributed by atoms with Gasteiger partial charge in [-0.2, -0.15) is 5.53 Å². The van der Waals surface area contributed by atoms with Crippen molar-refractivity contribution in [3.8, 4) is 0 Å². The van der Waals surface area contributed by atoms with Crippen molar-refractivity contribution in [2.45, 2.75) is 0 Å². The second kappa shape index (κ2) is 5.57. The molecule has 0 saturated carbocycles. The van der Waals surface area contributed by atoms with Crippen LogP contribution in [0.25, 0.3) is 0 Å². The van der Waals surface area contributed by atoms with E-state index in [1.807, 2.05) is 0 Å². The summed E-state index contributed by atoms with van der Waals surface area (Å²) in [5.41, 5.74) is 9.18. The molecule has 0 aliphatic heterocycles. The van der Waals surface area contributed by atoms with Gasteiger partial charge < -0.3 is 11.2 Å². The molecule has 0 aromatic heterocycles. The maximum absolute atomic E-state index is 4.88. The Bertz CT molecular complexity index is 55.7. The minimum absolute atomic E-state index is 0. The molecule has 0 unspecified atom stereocenters. The minimum atomic E-state index is 0. The molecule has 0 spiro atoms. The molecular weight excluding hydrogens is 116 g/mol. The van der Waals surface area contributed by atoms with E-state index < -0.39 is 0 Å². The van der Waals surface area contributed by atoms with Crippen LogP contribution in [0.2, 0.25) is 0 Å². The molecular formula is CH8N4OS. The molecule has 0 saturated heterocycles. The smallest absolute Gasteiger partial charge is 0.179 e. The third-order valence-corrected chi connectivity index (χ3v) is 0.297. The van der Waals surface area contributed by atoms with E-state index in [1.165, 1.54) is 0 Å². The highest BCUT2D eigenvalue weighted by Gasteiger charge is 1.72. The average molecular weight is 124 g/mol. The van der Waals surface area contributed by atoms with Crippen LogP contribution in [-0.4, -0.2) is 10.6 Å². The zero-order valence-corrected chi connectivity index (χ0v) is 4.38. The fourth-order valence-electron chi connectivity index (χ4n) is 0.0711. The van der Waals surface area contributed by atoms with Crippen LogP contribution in [0.4, 0.5) is 0 Å². The number of hydrogen-bond donors (Lipinski definition) is 4. The van der Waals surface area contributed by atoms with Gasteiger partial charge in [0.05, 0.1) is 0 Å². The normalized spacial score (nSPS) is 6.43. The van der Waals surface area contributed by atoms with Crippen molar-refractivity contribution < 1.29 is 5.48 Å². The number of nitrogens with one attached hydrogen (secondary N) is 2. The predicted octanol–water partition coefficient (Wildman–Crippen LogP) is -2.63. The Morgan fingerprint density at radius 3 is 2.00 bits per heavy atom. The summed E-state index contributed by atoms with van der Waals surface area (Å²) in [6.45, 7) is 0. The lowest BCUT2D eigenvalue weighted by atomic mass is 11.2. The van der Waals surface area contributed by atoms with Gasteiger partial charge in [-0.3, -0.25) is 11.3 Å². The van der Waals surface area contributed by atoms with Crippen molar-refractivity contribution in [1.82, 2.24) is 11.0 Å². The van der Waals surface area contributed by atoms with E-state index in [-0.39, 0.29) is 10.6 Å². The number of thiocarbonyl (C=S) groups is 1. The first kappa shape index (κ1) is 9.76. The van der Waals surface area contributed by atoms with E-state index in [9.17, 15) is 0 Å². The molecule has 44 valence electrons. The summed E-state index contributed by atoms with van der Waals surface area (Å²) < 4.78 is 0. The molecule has 0 aliphatic carbocycles. The van der Waals surface area contributed by atoms with E-state index in [2.05, 4.69) is 23.2 Å². The minimum Gasteiger partial charge on any atom is -0.412 e. The van der Waals surface area contributed by atoms with Gasteiger partial charge in [-0.25, -0.2) is 0 Å². The highest BCUT2D eigenvalue weighted by atomic mass is 32.1. The van der Waals surface area contributed by atoms with Crippen LogP contribution in [0.5, 0.6) is 0 Å². The van der Waals surface area contributed by atoms with Crippen LogP contribution in [0.15, 0.2) is 0 Å². The van der Waals surface area contributed by atoms with Crippen LogP contribution in [0.3, 0.4) is 0 Å². The Kier molecular flexibility index (Phi) is 7.77. The third-order valence-electron chi connectivity index (χ3n) is 0.195. The first-order valence-corrected chi connectivity index (χ1v) is 1.69. The Hall–Kier alpha value is -0.430. The Balaban J connectivity index is 0. The summed E-state index contributed by atoms with van der Waals surface area (Å²) in [6, 6.07) is 0. The van der Waals surface area contributed by atoms with E-state index in [1.54, 1.807) is 0 Å². The van der Waals surface area contributed by atoms with Gasteiger partial charge in [0, 0.05) is 0 Å². The summed E-state index contributed by atoms with van der Waals surface area (Å²) >= 11 is 4.32. The van der Waals surface area contributed by atoms with Crippen LogP contribution in [0, 0.1) is 0 Å². The van der Waals surface area contributed by atoms with Gasteiger partial charge >= 0.3 is 0 Å². The molecule has 0 radical (unpaired) electrons. The zero-order chi connectivity index (χ0) is 4.99. The lowest BCUT2D eigenvalue weighted by molar-refractivity contribution is 0.699. The first-order valence-electron chi connectivity index (χ1n) is 1.28. The lowest BCUT2D eigenvalue weighted by Gasteiger charge is -1.95. The molecule has 0 aromatic rings. The van der Waals surface area contributed by atoms with E-state index in [0.29, 0.717) is 0 Å². The van der Waals surface area contributed by atoms with Gasteiger partial charge in [0.2, 0.25) is 0 Å². The standard InChI is InChI=1S/CH6N4S.H2O/c2-1(6)4-5-3;/h5H,3H2,(H3,2,4,6);1H2. The average Bonchev–Trinajstić information content (AvgIpc) is 1.35. The van der Waals surface area contributed by atoms with E-state index in [4.69, 9.17) is 11.6 Å². The maximum Gasteiger partial charge on any atom is 0.179 e. The van der Waals surface area contributed by atoms with Crippen LogP contribution in [-0.2, 0) is 0 Å². The van der Waals surface area contributed by atoms with Crippen molar-refractivity contribution in [3.05, 3.63) is 0 Å². The largest absolute Gasteiger partial charge is 0.412 e. The van der Waals surface area contributed by atoms with Gasteiger partial charge in [0.1, 0.15) is 0 Å². The van der Waals surface area contributed by atoms with Gasteiger partial charge in [0.15, 0.2) is 5.11 Å². The molecule has 0 aliphatic rings. The molecule has 0 atom stereocenters. The Morgan fingerprint density at radius 1 is 1.57 bits per heavy atom. The van der Waals surface area contributed by atoms with Crippen LogP contribution >= 0.6 is 12.2 Å². The second-order valence-corrected chi connectivity index (χ2v) is 1.07. The van der Waals surface area contributed by atoms with Gasteiger partial charge in [-0.1, -0.05) is 0 Å². The van der Waals surface area contributed by atoms with E-state index >= 15 is 0 Å². The van der Waals surface area contributed by atoms with Crippen molar-refractivity contribution in [1.29, 1.82) is 0 Å². The SMILES string of the molecule is NNNC(N)=S.O. The highest BCUT2D eigenvalue weighted by Crippen LogP contribution is 1.42. The fourth-order valence-corrected chi connectivity index (χ4v) is 0.130. The summed E-state index contributed by atoms with van der Waals surface area (Å²) in [6.07, 6.45) is 0. The van der Waals surface area contributed by atoms with E-state index in [0.717, 1.165) is 0 Å². The fraction of sp³-hybridized carbons (Fsp3) is 0. The summed E-state index contributed by atoms with van der Waals surface area (Å²) in [5, 5.41) is 0.137. The molecule has 6 heteroatoms. The molecule has 0 rings (SSSR count). The van der Waals surface area contributed by atoms with Crippen LogP contribution < -0.4 is 22.5 Å². The van der Waals surface area contributed by atoms with Crippen molar-refractivity contribution >= 4 is 17.3 Å². The van der Waals surface area contributed by atoms with Crippen LogP contribution in [0.1, 0.15) is 0 Å².